The second-order valence-corrected chi connectivity index (χ2v) is 7.22. The highest BCUT2D eigenvalue weighted by molar-refractivity contribution is 7.10. The quantitative estimate of drug-likeness (QED) is 0.911. The molecular weight excluding hydrogens is 278 g/mol. The van der Waals surface area contributed by atoms with Crippen molar-refractivity contribution in [1.29, 1.82) is 0 Å². The molecule has 0 radical (unpaired) electrons. The highest BCUT2D eigenvalue weighted by Gasteiger charge is 2.51. The number of thiophene rings is 1. The fourth-order valence-corrected chi connectivity index (χ4v) is 5.01. The van der Waals surface area contributed by atoms with Crippen molar-refractivity contribution in [3.63, 3.8) is 0 Å². The largest absolute Gasteiger partial charge is 0.384 e. The van der Waals surface area contributed by atoms with Gasteiger partial charge in [0.2, 0.25) is 0 Å². The lowest BCUT2D eigenvalue weighted by Gasteiger charge is -2.48. The molecule has 21 heavy (non-hydrogen) atoms. The second kappa shape index (κ2) is 5.24. The summed E-state index contributed by atoms with van der Waals surface area (Å²) in [5.41, 5.74) is 8.64. The summed E-state index contributed by atoms with van der Waals surface area (Å²) in [5.74, 6) is 0. The van der Waals surface area contributed by atoms with Crippen LogP contribution in [0.5, 0.6) is 0 Å². The Bertz CT molecular complexity index is 646. The van der Waals surface area contributed by atoms with E-state index in [1.165, 1.54) is 11.1 Å². The van der Waals surface area contributed by atoms with E-state index in [9.17, 15) is 5.11 Å². The van der Waals surface area contributed by atoms with E-state index in [1.807, 2.05) is 6.92 Å². The van der Waals surface area contributed by atoms with Gasteiger partial charge in [0.15, 0.2) is 0 Å². The first-order chi connectivity index (χ1) is 10.0. The van der Waals surface area contributed by atoms with Crippen molar-refractivity contribution < 1.29 is 5.11 Å². The maximum absolute atomic E-state index is 11.5. The van der Waals surface area contributed by atoms with Gasteiger partial charge in [-0.15, -0.1) is 11.3 Å². The molecule has 1 aliphatic carbocycles. The zero-order chi connectivity index (χ0) is 15.1. The molecule has 2 nitrogen and oxygen atoms in total. The number of rotatable bonds is 3. The van der Waals surface area contributed by atoms with Gasteiger partial charge in [-0.3, -0.25) is 0 Å². The molecule has 3 rings (SSSR count). The molecule has 0 saturated heterocycles. The normalized spacial score (nSPS) is 24.4. The minimum absolute atomic E-state index is 0.391. The van der Waals surface area contributed by atoms with Crippen molar-refractivity contribution in [2.45, 2.75) is 44.1 Å². The Hall–Kier alpha value is -1.16. The van der Waals surface area contributed by atoms with Crippen molar-refractivity contribution in [1.82, 2.24) is 0 Å². The molecule has 0 amide bonds. The first-order valence-corrected chi connectivity index (χ1v) is 8.46. The summed E-state index contributed by atoms with van der Waals surface area (Å²) >= 11 is 1.63. The van der Waals surface area contributed by atoms with Gasteiger partial charge in [-0.1, -0.05) is 24.3 Å². The monoisotopic (exact) mass is 301 g/mol. The summed E-state index contributed by atoms with van der Waals surface area (Å²) in [6.45, 7) is 4.48. The van der Waals surface area contributed by atoms with E-state index in [-0.39, 0.29) is 0 Å². The minimum Gasteiger partial charge on any atom is -0.384 e. The Morgan fingerprint density at radius 2 is 2.10 bits per heavy atom. The third-order valence-electron chi connectivity index (χ3n) is 5.17. The number of hydrogen-bond donors (Lipinski definition) is 2. The number of nitrogens with two attached hydrogens (primary N) is 1. The molecule has 0 fully saturated rings. The predicted octanol–water partition coefficient (Wildman–Crippen LogP) is 3.50. The van der Waals surface area contributed by atoms with Gasteiger partial charge in [0.05, 0.1) is 0 Å². The van der Waals surface area contributed by atoms with E-state index >= 15 is 0 Å². The van der Waals surface area contributed by atoms with Gasteiger partial charge < -0.3 is 10.8 Å². The molecule has 3 N–H and O–H groups in total. The summed E-state index contributed by atoms with van der Waals surface area (Å²) < 4.78 is 0. The van der Waals surface area contributed by atoms with Crippen LogP contribution in [0.25, 0.3) is 0 Å². The molecule has 2 unspecified atom stereocenters. The molecule has 0 aliphatic heterocycles. The Morgan fingerprint density at radius 3 is 2.76 bits per heavy atom. The molecule has 3 heteroatoms. The van der Waals surface area contributed by atoms with Crippen LogP contribution in [0.2, 0.25) is 0 Å². The number of aryl methyl sites for hydroxylation is 2. The van der Waals surface area contributed by atoms with Gasteiger partial charge in [0, 0.05) is 16.8 Å². The first kappa shape index (κ1) is 14.8. The summed E-state index contributed by atoms with van der Waals surface area (Å²) in [4.78, 5) is 1.05. The number of fused-ring (bicyclic) bond motifs is 1. The van der Waals surface area contributed by atoms with E-state index < -0.39 is 11.0 Å². The van der Waals surface area contributed by atoms with Gasteiger partial charge in [-0.25, -0.2) is 0 Å². The van der Waals surface area contributed by atoms with Crippen molar-refractivity contribution in [2.75, 3.05) is 6.54 Å². The van der Waals surface area contributed by atoms with Gasteiger partial charge in [-0.05, 0) is 61.2 Å². The van der Waals surface area contributed by atoms with E-state index in [0.717, 1.165) is 29.7 Å². The van der Waals surface area contributed by atoms with E-state index in [0.29, 0.717) is 6.54 Å². The van der Waals surface area contributed by atoms with E-state index in [4.69, 9.17) is 5.73 Å². The highest BCUT2D eigenvalue weighted by Crippen LogP contribution is 2.50. The Labute approximate surface area is 130 Å². The second-order valence-electron chi connectivity index (χ2n) is 6.30. The molecule has 0 spiro atoms. The maximum Gasteiger partial charge on any atom is 0.107 e. The van der Waals surface area contributed by atoms with Gasteiger partial charge in [0.1, 0.15) is 5.60 Å². The lowest BCUT2D eigenvalue weighted by atomic mass is 9.60. The van der Waals surface area contributed by atoms with Crippen molar-refractivity contribution in [3.05, 3.63) is 57.3 Å². The minimum atomic E-state index is -0.934. The molecule has 0 saturated carbocycles. The summed E-state index contributed by atoms with van der Waals surface area (Å²) in [6.07, 6.45) is 3.09. The van der Waals surface area contributed by atoms with Crippen LogP contribution in [0.15, 0.2) is 35.7 Å². The molecule has 1 heterocycles. The van der Waals surface area contributed by atoms with Crippen molar-refractivity contribution in [3.8, 4) is 0 Å². The van der Waals surface area contributed by atoms with Crippen LogP contribution < -0.4 is 5.73 Å². The van der Waals surface area contributed by atoms with Gasteiger partial charge in [0.25, 0.3) is 0 Å². The third-order valence-corrected chi connectivity index (χ3v) is 6.39. The number of hydrogen-bond acceptors (Lipinski definition) is 3. The Kier molecular flexibility index (Phi) is 3.68. The van der Waals surface area contributed by atoms with Crippen LogP contribution in [0.3, 0.4) is 0 Å². The van der Waals surface area contributed by atoms with Crippen molar-refractivity contribution >= 4 is 11.3 Å². The molecule has 1 aromatic heterocycles. The molecule has 0 bridgehead atoms. The molecule has 1 aromatic carbocycles. The lowest BCUT2D eigenvalue weighted by molar-refractivity contribution is -0.0318. The zero-order valence-corrected chi connectivity index (χ0v) is 13.5. The number of aliphatic hydroxyl groups is 1. The average molecular weight is 301 g/mol. The van der Waals surface area contributed by atoms with Crippen LogP contribution in [0.1, 0.15) is 41.3 Å². The van der Waals surface area contributed by atoms with Crippen LogP contribution in [0.4, 0.5) is 0 Å². The van der Waals surface area contributed by atoms with E-state index in [1.54, 1.807) is 11.3 Å². The molecular formula is C18H23NOS. The number of benzene rings is 1. The standard InChI is InChI=1S/C18H23NOS/c1-13-9-11-21-16(13)17(2,20)18(12-19)10-5-7-14-6-3-4-8-15(14)18/h3-4,6,8-9,11,20H,5,7,10,12,19H2,1-2H3. The fraction of sp³-hybridized carbons (Fsp3) is 0.444. The summed E-state index contributed by atoms with van der Waals surface area (Å²) in [5, 5.41) is 13.6. The first-order valence-electron chi connectivity index (χ1n) is 7.58. The van der Waals surface area contributed by atoms with Gasteiger partial charge in [-0.2, -0.15) is 0 Å². The average Bonchev–Trinajstić information content (AvgIpc) is 2.93. The molecule has 112 valence electrons. The van der Waals surface area contributed by atoms with Gasteiger partial charge >= 0.3 is 0 Å². The molecule has 2 aromatic rings. The fourth-order valence-electron chi connectivity index (χ4n) is 3.93. The van der Waals surface area contributed by atoms with E-state index in [2.05, 4.69) is 42.6 Å². The van der Waals surface area contributed by atoms with Crippen LogP contribution in [-0.4, -0.2) is 11.7 Å². The van der Waals surface area contributed by atoms with Crippen LogP contribution >= 0.6 is 11.3 Å². The third kappa shape index (κ3) is 2.07. The SMILES string of the molecule is Cc1ccsc1C(C)(O)C1(CN)CCCc2ccccc21. The molecule has 1 aliphatic rings. The van der Waals surface area contributed by atoms with Crippen molar-refractivity contribution in [2.24, 2.45) is 5.73 Å². The highest BCUT2D eigenvalue weighted by atomic mass is 32.1. The molecule has 2 atom stereocenters. The van der Waals surface area contributed by atoms with Crippen LogP contribution in [0, 0.1) is 6.92 Å². The lowest BCUT2D eigenvalue weighted by Crippen LogP contribution is -2.53. The summed E-state index contributed by atoms with van der Waals surface area (Å²) in [6, 6.07) is 10.5. The predicted molar refractivity (Wildman–Crippen MR) is 88.7 cm³/mol. The topological polar surface area (TPSA) is 46.2 Å². The summed E-state index contributed by atoms with van der Waals surface area (Å²) in [7, 11) is 0. The Balaban J connectivity index is 2.20. The van der Waals surface area contributed by atoms with Crippen LogP contribution in [-0.2, 0) is 17.4 Å². The Morgan fingerprint density at radius 1 is 1.33 bits per heavy atom. The zero-order valence-electron chi connectivity index (χ0n) is 12.7. The smallest absolute Gasteiger partial charge is 0.107 e. The maximum atomic E-state index is 11.5.